The van der Waals surface area contributed by atoms with E-state index in [9.17, 15) is 4.79 Å². The third kappa shape index (κ3) is 2.82. The molecule has 1 amide bonds. The number of aryl methyl sites for hydroxylation is 1. The van der Waals surface area contributed by atoms with Crippen LogP contribution in [0.3, 0.4) is 0 Å². The van der Waals surface area contributed by atoms with Crippen LogP contribution in [-0.2, 0) is 6.42 Å². The summed E-state index contributed by atoms with van der Waals surface area (Å²) < 4.78 is 0. The Labute approximate surface area is 102 Å². The van der Waals surface area contributed by atoms with E-state index in [-0.39, 0.29) is 5.91 Å². The zero-order chi connectivity index (χ0) is 12.3. The molecular formula is C13H19N3O. The van der Waals surface area contributed by atoms with Gasteiger partial charge in [-0.2, -0.15) is 0 Å². The third-order valence-corrected chi connectivity index (χ3v) is 3.22. The lowest BCUT2D eigenvalue weighted by molar-refractivity contribution is 0.0663. The van der Waals surface area contributed by atoms with Crippen molar-refractivity contribution in [2.45, 2.75) is 13.3 Å². The molecule has 1 aromatic heterocycles. The molecule has 0 radical (unpaired) electrons. The van der Waals surface area contributed by atoms with Crippen LogP contribution in [0.15, 0.2) is 18.3 Å². The van der Waals surface area contributed by atoms with Crippen molar-refractivity contribution < 1.29 is 4.79 Å². The number of nitrogens with zero attached hydrogens (tertiary/aromatic N) is 3. The predicted octanol–water partition coefficient (Wildman–Crippen LogP) is 1.03. The number of amides is 1. The van der Waals surface area contributed by atoms with Gasteiger partial charge in [-0.3, -0.25) is 9.78 Å². The van der Waals surface area contributed by atoms with Crippen LogP contribution in [0.2, 0.25) is 0 Å². The summed E-state index contributed by atoms with van der Waals surface area (Å²) >= 11 is 0. The van der Waals surface area contributed by atoms with Crippen molar-refractivity contribution in [3.8, 4) is 0 Å². The van der Waals surface area contributed by atoms with E-state index in [0.29, 0.717) is 5.56 Å². The molecule has 0 N–H and O–H groups in total. The lowest BCUT2D eigenvalue weighted by atomic mass is 10.2. The quantitative estimate of drug-likeness (QED) is 0.765. The van der Waals surface area contributed by atoms with Crippen LogP contribution in [0.25, 0.3) is 0 Å². The molecule has 17 heavy (non-hydrogen) atoms. The minimum absolute atomic E-state index is 0.105. The Bertz CT molecular complexity index is 380. The van der Waals surface area contributed by atoms with Gasteiger partial charge in [-0.15, -0.1) is 0 Å². The zero-order valence-electron chi connectivity index (χ0n) is 10.5. The average molecular weight is 233 g/mol. The molecule has 4 nitrogen and oxygen atoms in total. The van der Waals surface area contributed by atoms with E-state index >= 15 is 0 Å². The van der Waals surface area contributed by atoms with Crippen molar-refractivity contribution in [3.63, 3.8) is 0 Å². The smallest absolute Gasteiger partial charge is 0.255 e. The van der Waals surface area contributed by atoms with Gasteiger partial charge in [-0.05, 0) is 25.6 Å². The van der Waals surface area contributed by atoms with Gasteiger partial charge in [0.25, 0.3) is 5.91 Å². The summed E-state index contributed by atoms with van der Waals surface area (Å²) in [5.41, 5.74) is 1.73. The number of likely N-dealkylation sites (N-methyl/N-ethyl adjacent to an activating group) is 1. The molecule has 0 spiro atoms. The van der Waals surface area contributed by atoms with Crippen LogP contribution in [-0.4, -0.2) is 53.9 Å². The van der Waals surface area contributed by atoms with Gasteiger partial charge in [-0.25, -0.2) is 0 Å². The van der Waals surface area contributed by atoms with Crippen LogP contribution in [0.1, 0.15) is 23.0 Å². The molecule has 2 rings (SSSR count). The van der Waals surface area contributed by atoms with Gasteiger partial charge >= 0.3 is 0 Å². The Balaban J connectivity index is 2.03. The van der Waals surface area contributed by atoms with Crippen molar-refractivity contribution in [1.82, 2.24) is 14.8 Å². The fourth-order valence-electron chi connectivity index (χ4n) is 1.95. The molecule has 0 unspecified atom stereocenters. The number of rotatable bonds is 2. The van der Waals surface area contributed by atoms with Crippen molar-refractivity contribution in [2.75, 3.05) is 33.2 Å². The van der Waals surface area contributed by atoms with Crippen molar-refractivity contribution in [2.24, 2.45) is 0 Å². The fraction of sp³-hybridized carbons (Fsp3) is 0.538. The number of carbonyl (C=O) groups is 1. The first kappa shape index (κ1) is 12.0. The highest BCUT2D eigenvalue weighted by molar-refractivity contribution is 5.94. The van der Waals surface area contributed by atoms with E-state index in [0.717, 1.165) is 38.3 Å². The Morgan fingerprint density at radius 3 is 2.53 bits per heavy atom. The number of hydrogen-bond acceptors (Lipinski definition) is 3. The predicted molar refractivity (Wildman–Crippen MR) is 67.0 cm³/mol. The highest BCUT2D eigenvalue weighted by Gasteiger charge is 2.20. The standard InChI is InChI=1S/C13H19N3O/c1-3-12-5-4-11(10-14-12)13(17)16-8-6-15(2)7-9-16/h4-5,10H,3,6-9H2,1-2H3. The maximum absolute atomic E-state index is 12.2. The Kier molecular flexibility index (Phi) is 3.74. The van der Waals surface area contributed by atoms with Gasteiger partial charge in [0.2, 0.25) is 0 Å². The minimum Gasteiger partial charge on any atom is -0.336 e. The summed E-state index contributed by atoms with van der Waals surface area (Å²) in [5.74, 6) is 0.105. The van der Waals surface area contributed by atoms with Crippen LogP contribution in [0, 0.1) is 0 Å². The number of pyridine rings is 1. The summed E-state index contributed by atoms with van der Waals surface area (Å²) in [6.45, 7) is 5.58. The van der Waals surface area contributed by atoms with Crippen molar-refractivity contribution in [1.29, 1.82) is 0 Å². The molecule has 92 valence electrons. The lowest BCUT2D eigenvalue weighted by Crippen LogP contribution is -2.47. The second-order valence-electron chi connectivity index (χ2n) is 4.49. The molecule has 1 saturated heterocycles. The van der Waals surface area contributed by atoms with Gasteiger partial charge in [0.15, 0.2) is 0 Å². The number of aromatic nitrogens is 1. The maximum atomic E-state index is 12.2. The number of carbonyl (C=O) groups excluding carboxylic acids is 1. The van der Waals surface area contributed by atoms with Gasteiger partial charge in [-0.1, -0.05) is 6.92 Å². The largest absolute Gasteiger partial charge is 0.336 e. The summed E-state index contributed by atoms with van der Waals surface area (Å²) in [5, 5.41) is 0. The summed E-state index contributed by atoms with van der Waals surface area (Å²) in [6.07, 6.45) is 2.60. The highest BCUT2D eigenvalue weighted by Crippen LogP contribution is 2.08. The molecule has 1 aliphatic rings. The Hall–Kier alpha value is -1.42. The van der Waals surface area contributed by atoms with Crippen LogP contribution in [0.5, 0.6) is 0 Å². The zero-order valence-corrected chi connectivity index (χ0v) is 10.5. The first-order valence-corrected chi connectivity index (χ1v) is 6.13. The highest BCUT2D eigenvalue weighted by atomic mass is 16.2. The second kappa shape index (κ2) is 5.27. The van der Waals surface area contributed by atoms with Crippen molar-refractivity contribution >= 4 is 5.91 Å². The normalized spacial score (nSPS) is 17.2. The van der Waals surface area contributed by atoms with Crippen LogP contribution < -0.4 is 0 Å². The molecule has 1 fully saturated rings. The third-order valence-electron chi connectivity index (χ3n) is 3.22. The van der Waals surface area contributed by atoms with E-state index in [1.165, 1.54) is 0 Å². The van der Waals surface area contributed by atoms with E-state index in [4.69, 9.17) is 0 Å². The van der Waals surface area contributed by atoms with E-state index in [1.807, 2.05) is 17.0 Å². The molecule has 1 aliphatic heterocycles. The van der Waals surface area contributed by atoms with Gasteiger partial charge in [0, 0.05) is 38.1 Å². The summed E-state index contributed by atoms with van der Waals surface area (Å²) in [6, 6.07) is 3.82. The maximum Gasteiger partial charge on any atom is 0.255 e. The molecular weight excluding hydrogens is 214 g/mol. The topological polar surface area (TPSA) is 36.4 Å². The van der Waals surface area contributed by atoms with E-state index in [1.54, 1.807) is 6.20 Å². The monoisotopic (exact) mass is 233 g/mol. The Morgan fingerprint density at radius 1 is 1.29 bits per heavy atom. The van der Waals surface area contributed by atoms with Crippen LogP contribution in [0.4, 0.5) is 0 Å². The lowest BCUT2D eigenvalue weighted by Gasteiger charge is -2.32. The first-order valence-electron chi connectivity index (χ1n) is 6.13. The molecule has 0 aliphatic carbocycles. The SMILES string of the molecule is CCc1ccc(C(=O)N2CCN(C)CC2)cn1. The molecule has 0 atom stereocenters. The second-order valence-corrected chi connectivity index (χ2v) is 4.49. The van der Waals surface area contributed by atoms with Gasteiger partial charge in [0.05, 0.1) is 5.56 Å². The molecule has 0 bridgehead atoms. The Morgan fingerprint density at radius 2 is 2.00 bits per heavy atom. The van der Waals surface area contributed by atoms with Gasteiger partial charge < -0.3 is 9.80 Å². The molecule has 0 aromatic carbocycles. The number of hydrogen-bond donors (Lipinski definition) is 0. The summed E-state index contributed by atoms with van der Waals surface area (Å²) in [7, 11) is 2.08. The van der Waals surface area contributed by atoms with E-state index < -0.39 is 0 Å². The fourth-order valence-corrected chi connectivity index (χ4v) is 1.95. The summed E-state index contributed by atoms with van der Waals surface area (Å²) in [4.78, 5) is 20.6. The number of piperazine rings is 1. The molecule has 4 heteroatoms. The first-order chi connectivity index (χ1) is 8.20. The molecule has 1 aromatic rings. The van der Waals surface area contributed by atoms with Crippen LogP contribution >= 0.6 is 0 Å². The molecule has 2 heterocycles. The average Bonchev–Trinajstić information content (AvgIpc) is 2.39. The van der Waals surface area contributed by atoms with E-state index in [2.05, 4.69) is 23.9 Å². The van der Waals surface area contributed by atoms with Crippen molar-refractivity contribution in [3.05, 3.63) is 29.6 Å². The minimum atomic E-state index is 0.105. The van der Waals surface area contributed by atoms with Gasteiger partial charge in [0.1, 0.15) is 0 Å². The molecule has 0 saturated carbocycles.